The molecule has 6 aromatic carbocycles. The SMILES string of the molecule is C[C@@H](CC1CC1)C(=O)CCc1cccc(Cl)c1F.C[C@@H](CC1CC1)C(=O)O.NC(=O)c1nn(CC(=O)N[C@@H](CC2CC2)C(=O)CCc2cccc(Cl)c2F)c2ccccc12.NC(=O)c1nn(CC(=O)O)c2ccccc12.NCc1cccc(Cl)c1F.N[C@@H](CC1CC1)C(=O)CCc1cccc(Cl)c1F. The Balaban J connectivity index is 0.000000185. The fourth-order valence-corrected chi connectivity index (χ4v) is 12.2. The second-order valence-electron chi connectivity index (χ2n) is 26.7. The molecule has 4 atom stereocenters. The lowest BCUT2D eigenvalue weighted by Gasteiger charge is -2.18. The standard InChI is InChI=1S/C24H24ClFN4O3.C15H18ClFO.C14H17ClFNO.C10H9N3O3.C7H7ClFN.C7H12O2/c25-17-6-3-4-15(22(17)26)10-11-20(31)18(12-14-8-9-14)28-21(32)13-30-19-7-2-1-5-16(19)23(29-30)24(27)33;1-10(9-11-5-6-11)14(18)8-7-12-3-2-4-13(16)15(12)17;15-11-3-1-2-10(14(11)16)6-7-13(18)12(17)8-9-4-5-9;11-10(16)9-6-3-1-2-4-7(6)13(12-9)5-8(14)15;8-6-3-1-2-5(4-10)7(6)9;1-5(7(8)9)4-6-2-3-6/h1-7,14,18H,8-13H2,(H2,27,33)(H,28,32);2-4,10-11H,5-9H2,1H3;1-3,9,12H,4-8,17H2;1-4H,5H2,(H2,11,16)(H,14,15);1-3H,4,10H2;5-6H,2-4H2,1H3,(H,8,9)/t18-;10-;12-;;;5-/m000..0/s1. The minimum atomic E-state index is -1.02. The Morgan fingerprint density at radius 3 is 1.22 bits per heavy atom. The normalized spacial score (nSPS) is 14.7. The third kappa shape index (κ3) is 26.2. The van der Waals surface area contributed by atoms with Crippen molar-refractivity contribution in [1.29, 1.82) is 0 Å². The Hall–Kier alpha value is -8.58. The molecule has 12 rings (SSSR count). The topological polar surface area (TPSA) is 329 Å². The number of rotatable bonds is 29. The molecular formula is C77H87Cl4F4N9O10. The molecule has 0 radical (unpaired) electrons. The molecule has 2 aromatic heterocycles. The minimum absolute atomic E-state index is 0.0151. The van der Waals surface area contributed by atoms with Gasteiger partial charge in [-0.05, 0) is 122 Å². The molecule has 4 aliphatic rings. The van der Waals surface area contributed by atoms with E-state index in [0.717, 1.165) is 43.9 Å². The number of ketones is 3. The molecule has 19 nitrogen and oxygen atoms in total. The number of benzene rings is 6. The molecule has 0 spiro atoms. The number of nitrogens with zero attached hydrogens (tertiary/aromatic N) is 4. The van der Waals surface area contributed by atoms with Crippen LogP contribution in [0.1, 0.15) is 153 Å². The number of halogens is 8. The van der Waals surface area contributed by atoms with E-state index in [9.17, 15) is 55.9 Å². The van der Waals surface area contributed by atoms with Gasteiger partial charge in [-0.2, -0.15) is 10.2 Å². The summed E-state index contributed by atoms with van der Waals surface area (Å²) in [4.78, 5) is 93.1. The van der Waals surface area contributed by atoms with Crippen molar-refractivity contribution in [1.82, 2.24) is 24.9 Å². The summed E-state index contributed by atoms with van der Waals surface area (Å²) in [5.41, 5.74) is 24.8. The van der Waals surface area contributed by atoms with Gasteiger partial charge >= 0.3 is 11.9 Å². The van der Waals surface area contributed by atoms with Gasteiger partial charge in [0, 0.05) is 48.1 Å². The Bertz CT molecular complexity index is 4250. The van der Waals surface area contributed by atoms with Crippen LogP contribution in [0, 0.1) is 58.8 Å². The summed E-state index contributed by atoms with van der Waals surface area (Å²) in [6.07, 6.45) is 14.4. The Morgan fingerprint density at radius 2 is 0.837 bits per heavy atom. The average Bonchev–Trinajstić information content (AvgIpc) is 1.65. The van der Waals surface area contributed by atoms with E-state index in [1.165, 1.54) is 72.2 Å². The van der Waals surface area contributed by atoms with Crippen LogP contribution in [0.4, 0.5) is 17.6 Å². The maximum Gasteiger partial charge on any atom is 0.325 e. The highest BCUT2D eigenvalue weighted by molar-refractivity contribution is 6.31. The van der Waals surface area contributed by atoms with Gasteiger partial charge in [0.25, 0.3) is 11.8 Å². The average molecular weight is 1520 g/mol. The van der Waals surface area contributed by atoms with Crippen molar-refractivity contribution in [3.63, 3.8) is 0 Å². The van der Waals surface area contributed by atoms with Crippen LogP contribution < -0.4 is 28.3 Å². The molecule has 4 aliphatic carbocycles. The van der Waals surface area contributed by atoms with Crippen molar-refractivity contribution in [3.8, 4) is 0 Å². The highest BCUT2D eigenvalue weighted by atomic mass is 35.5. The van der Waals surface area contributed by atoms with Gasteiger partial charge in [-0.15, -0.1) is 0 Å². The van der Waals surface area contributed by atoms with Gasteiger partial charge in [-0.3, -0.25) is 47.7 Å². The summed E-state index contributed by atoms with van der Waals surface area (Å²) in [5, 5.41) is 29.6. The van der Waals surface area contributed by atoms with E-state index in [2.05, 4.69) is 15.5 Å². The number of carboxylic acid groups (broad SMARTS) is 2. The number of primary amides is 2. The zero-order chi connectivity index (χ0) is 75.9. The largest absolute Gasteiger partial charge is 0.481 e. The monoisotopic (exact) mass is 1510 g/mol. The first-order valence-corrected chi connectivity index (χ1v) is 36.0. The van der Waals surface area contributed by atoms with E-state index >= 15 is 0 Å². The number of aliphatic carboxylic acids is 2. The van der Waals surface area contributed by atoms with Crippen molar-refractivity contribution in [2.24, 2.45) is 58.4 Å². The molecule has 0 bridgehead atoms. The number of carbonyl (C=O) groups excluding carboxylic acids is 6. The van der Waals surface area contributed by atoms with E-state index in [-0.39, 0.29) is 111 Å². The highest BCUT2D eigenvalue weighted by Gasteiger charge is 2.32. The van der Waals surface area contributed by atoms with Crippen molar-refractivity contribution in [2.45, 2.75) is 161 Å². The third-order valence-corrected chi connectivity index (χ3v) is 19.2. The van der Waals surface area contributed by atoms with Crippen LogP contribution in [0.3, 0.4) is 0 Å². The van der Waals surface area contributed by atoms with Gasteiger partial charge in [-0.1, -0.05) is 197 Å². The van der Waals surface area contributed by atoms with Crippen LogP contribution in [0.2, 0.25) is 20.1 Å². The minimum Gasteiger partial charge on any atom is -0.481 e. The summed E-state index contributed by atoms with van der Waals surface area (Å²) >= 11 is 22.7. The molecule has 11 N–H and O–H groups in total. The molecule has 27 heteroatoms. The summed E-state index contributed by atoms with van der Waals surface area (Å²) in [7, 11) is 0. The molecule has 0 aliphatic heterocycles. The summed E-state index contributed by atoms with van der Waals surface area (Å²) in [5.74, 6) is -2.57. The van der Waals surface area contributed by atoms with Crippen molar-refractivity contribution in [3.05, 3.63) is 198 Å². The first-order chi connectivity index (χ1) is 49.5. The van der Waals surface area contributed by atoms with E-state index in [1.807, 2.05) is 6.92 Å². The summed E-state index contributed by atoms with van der Waals surface area (Å²) in [6.45, 7) is 3.49. The van der Waals surface area contributed by atoms with Gasteiger partial charge < -0.3 is 38.5 Å². The lowest BCUT2D eigenvalue weighted by molar-refractivity contribution is -0.141. The number of nitrogens with one attached hydrogen (secondary N) is 1. The fraction of sp³-hybridized carbons (Fsp3) is 0.403. The second kappa shape index (κ2) is 40.1. The van der Waals surface area contributed by atoms with E-state index in [4.69, 9.17) is 79.6 Å². The number of para-hydroxylation sites is 2. The first-order valence-electron chi connectivity index (χ1n) is 34.5. The van der Waals surface area contributed by atoms with Gasteiger partial charge in [0.15, 0.2) is 17.2 Å². The van der Waals surface area contributed by atoms with E-state index in [1.54, 1.807) is 104 Å². The van der Waals surface area contributed by atoms with Crippen LogP contribution in [-0.4, -0.2) is 88.9 Å². The van der Waals surface area contributed by atoms with Gasteiger partial charge in [0.2, 0.25) is 5.91 Å². The molecule has 2 heterocycles. The Morgan fingerprint density at radius 1 is 0.481 bits per heavy atom. The van der Waals surface area contributed by atoms with Crippen molar-refractivity contribution >= 4 is 115 Å². The lowest BCUT2D eigenvalue weighted by atomic mass is 9.95. The number of aryl methyl sites for hydroxylation is 3. The predicted octanol–water partition coefficient (Wildman–Crippen LogP) is 14.6. The molecular weight excluding hydrogens is 1430 g/mol. The molecule has 0 saturated heterocycles. The number of nitrogens with two attached hydrogens (primary N) is 4. The van der Waals surface area contributed by atoms with Crippen LogP contribution in [0.5, 0.6) is 0 Å². The predicted molar refractivity (Wildman–Crippen MR) is 393 cm³/mol. The molecule has 556 valence electrons. The molecule has 4 fully saturated rings. The fourth-order valence-electron chi connectivity index (χ4n) is 11.4. The Kier molecular flexibility index (Phi) is 31.9. The highest BCUT2D eigenvalue weighted by Crippen LogP contribution is 2.38. The molecule has 4 saturated carbocycles. The number of carbonyl (C=O) groups is 8. The number of hydrogen-bond acceptors (Lipinski definition) is 12. The van der Waals surface area contributed by atoms with Crippen LogP contribution in [-0.2, 0) is 67.7 Å². The maximum atomic E-state index is 14.2. The number of aromatic nitrogens is 4. The molecule has 8 aromatic rings. The van der Waals surface area contributed by atoms with Gasteiger partial charge in [0.1, 0.15) is 47.9 Å². The number of carboxylic acids is 2. The van der Waals surface area contributed by atoms with Gasteiger partial charge in [-0.25, -0.2) is 17.6 Å². The summed E-state index contributed by atoms with van der Waals surface area (Å²) in [6, 6.07) is 32.1. The van der Waals surface area contributed by atoms with Crippen LogP contribution in [0.15, 0.2) is 121 Å². The van der Waals surface area contributed by atoms with Crippen molar-refractivity contribution in [2.75, 3.05) is 0 Å². The van der Waals surface area contributed by atoms with E-state index in [0.29, 0.717) is 81.6 Å². The third-order valence-electron chi connectivity index (χ3n) is 18.1. The second-order valence-corrected chi connectivity index (χ2v) is 28.3. The molecule has 0 unspecified atom stereocenters. The smallest absolute Gasteiger partial charge is 0.325 e. The number of hydrogen-bond donors (Lipinski definition) is 7. The quantitative estimate of drug-likeness (QED) is 0.0214. The first kappa shape index (κ1) is 82.7. The Labute approximate surface area is 620 Å². The summed E-state index contributed by atoms with van der Waals surface area (Å²) < 4.78 is 56.8. The van der Waals surface area contributed by atoms with Crippen LogP contribution in [0.25, 0.3) is 21.8 Å². The number of amides is 3. The lowest BCUT2D eigenvalue weighted by Crippen LogP contribution is -2.43. The zero-order valence-corrected chi connectivity index (χ0v) is 60.8. The number of fused-ring (bicyclic) bond motifs is 2. The number of Topliss-reactive ketones (excluding diaryl/α,β-unsaturated/α-hetero) is 3. The van der Waals surface area contributed by atoms with E-state index < -0.39 is 53.2 Å². The van der Waals surface area contributed by atoms with Crippen molar-refractivity contribution < 1.29 is 66.1 Å². The zero-order valence-electron chi connectivity index (χ0n) is 57.8. The van der Waals surface area contributed by atoms with Gasteiger partial charge in [0.05, 0.1) is 49.1 Å². The maximum absolute atomic E-state index is 14.2. The molecule has 104 heavy (non-hydrogen) atoms. The van der Waals surface area contributed by atoms with Crippen LogP contribution >= 0.6 is 46.4 Å². The molecule has 3 amide bonds.